The van der Waals surface area contributed by atoms with E-state index in [1.54, 1.807) is 12.5 Å². The van der Waals surface area contributed by atoms with Crippen LogP contribution in [-0.2, 0) is 4.74 Å². The number of hydrogen-bond acceptors (Lipinski definition) is 8. The van der Waals surface area contributed by atoms with Crippen LogP contribution in [0.5, 0.6) is 5.75 Å². The Balaban J connectivity index is 1.23. The lowest BCUT2D eigenvalue weighted by Gasteiger charge is -2.30. The van der Waals surface area contributed by atoms with Crippen LogP contribution in [0.2, 0.25) is 0 Å². The highest BCUT2D eigenvalue weighted by molar-refractivity contribution is 6.05. The molecule has 0 bridgehead atoms. The van der Waals surface area contributed by atoms with Gasteiger partial charge in [0.25, 0.3) is 5.91 Å². The summed E-state index contributed by atoms with van der Waals surface area (Å²) in [6, 6.07) is 7.52. The molecule has 11 nitrogen and oxygen atoms in total. The number of benzene rings is 1. The second-order valence-electron chi connectivity index (χ2n) is 10.00. The molecule has 1 saturated carbocycles. The SMILES string of the molecule is C[C@H]1COc2c(NC(=O)c3cc(-n4cnc(C5CC5)c4)c(N4CCOCC4)cn3)cccc2-c2nncn21. The van der Waals surface area contributed by atoms with Gasteiger partial charge in [0.1, 0.15) is 18.6 Å². The van der Waals surface area contributed by atoms with Gasteiger partial charge in [0.2, 0.25) is 0 Å². The number of anilines is 2. The lowest BCUT2D eigenvalue weighted by Crippen LogP contribution is -2.37. The fraction of sp³-hybridized carbons (Fsp3) is 0.370. The van der Waals surface area contributed by atoms with Gasteiger partial charge in [-0.05, 0) is 38.0 Å². The molecule has 2 fully saturated rings. The summed E-state index contributed by atoms with van der Waals surface area (Å²) in [5.74, 6) is 1.50. The molecule has 3 aromatic heterocycles. The van der Waals surface area contributed by atoms with E-state index in [-0.39, 0.29) is 11.9 Å². The van der Waals surface area contributed by atoms with Crippen LogP contribution in [-0.4, -0.2) is 68.1 Å². The second-order valence-corrected chi connectivity index (χ2v) is 10.00. The number of imidazole rings is 1. The quantitative estimate of drug-likeness (QED) is 0.433. The molecule has 1 aliphatic carbocycles. The Morgan fingerprint density at radius 2 is 1.97 bits per heavy atom. The zero-order valence-electron chi connectivity index (χ0n) is 21.1. The Labute approximate surface area is 219 Å². The van der Waals surface area contributed by atoms with Crippen LogP contribution in [0.3, 0.4) is 0 Å². The molecular weight excluding hydrogens is 484 g/mol. The van der Waals surface area contributed by atoms with Crippen LogP contribution < -0.4 is 15.0 Å². The molecule has 1 N–H and O–H groups in total. The Hall–Kier alpha value is -4.25. The van der Waals surface area contributed by atoms with E-state index in [0.29, 0.717) is 48.7 Å². The van der Waals surface area contributed by atoms with Gasteiger partial charge in [-0.3, -0.25) is 4.79 Å². The van der Waals surface area contributed by atoms with Crippen molar-refractivity contribution in [1.29, 1.82) is 0 Å². The van der Waals surface area contributed by atoms with Gasteiger partial charge in [-0.25, -0.2) is 9.97 Å². The van der Waals surface area contributed by atoms with Crippen molar-refractivity contribution in [2.75, 3.05) is 43.1 Å². The summed E-state index contributed by atoms with van der Waals surface area (Å²) in [7, 11) is 0. The molecule has 3 aliphatic rings. The number of fused-ring (bicyclic) bond motifs is 3. The van der Waals surface area contributed by atoms with Crippen LogP contribution in [0.25, 0.3) is 17.1 Å². The summed E-state index contributed by atoms with van der Waals surface area (Å²) in [5, 5.41) is 11.4. The average Bonchev–Trinajstić information content (AvgIpc) is 3.51. The van der Waals surface area contributed by atoms with Gasteiger partial charge in [0.05, 0.1) is 60.1 Å². The van der Waals surface area contributed by atoms with Crippen molar-refractivity contribution in [3.63, 3.8) is 0 Å². The monoisotopic (exact) mass is 512 g/mol. The zero-order valence-corrected chi connectivity index (χ0v) is 21.1. The first-order chi connectivity index (χ1) is 18.7. The molecule has 1 aromatic carbocycles. The van der Waals surface area contributed by atoms with Gasteiger partial charge >= 0.3 is 0 Å². The third-order valence-corrected chi connectivity index (χ3v) is 7.34. The molecule has 38 heavy (non-hydrogen) atoms. The molecule has 1 amide bonds. The summed E-state index contributed by atoms with van der Waals surface area (Å²) in [6.07, 6.45) is 9.73. The molecule has 0 spiro atoms. The smallest absolute Gasteiger partial charge is 0.274 e. The molecule has 1 atom stereocenters. The molecule has 2 aliphatic heterocycles. The number of amides is 1. The molecule has 4 aromatic rings. The second kappa shape index (κ2) is 9.25. The third kappa shape index (κ3) is 4.08. The summed E-state index contributed by atoms with van der Waals surface area (Å²) in [4.78, 5) is 25.0. The number of nitrogens with one attached hydrogen (secondary N) is 1. The van der Waals surface area contributed by atoms with E-state index < -0.39 is 0 Å². The van der Waals surface area contributed by atoms with Crippen LogP contribution in [0.15, 0.2) is 49.3 Å². The van der Waals surface area contributed by atoms with E-state index in [1.165, 1.54) is 12.8 Å². The van der Waals surface area contributed by atoms with Gasteiger partial charge in [-0.1, -0.05) is 6.07 Å². The van der Waals surface area contributed by atoms with E-state index in [2.05, 4.69) is 36.6 Å². The van der Waals surface area contributed by atoms with Crippen molar-refractivity contribution < 1.29 is 14.3 Å². The van der Waals surface area contributed by atoms with Gasteiger partial charge in [0.15, 0.2) is 11.6 Å². The zero-order chi connectivity index (χ0) is 25.6. The van der Waals surface area contributed by atoms with Crippen LogP contribution in [0.1, 0.15) is 47.9 Å². The number of morpholine rings is 1. The molecule has 1 saturated heterocycles. The summed E-state index contributed by atoms with van der Waals surface area (Å²) in [5.41, 5.74) is 4.57. The van der Waals surface area contributed by atoms with Crippen molar-refractivity contribution in [2.45, 2.75) is 31.7 Å². The number of pyridine rings is 1. The number of carbonyl (C=O) groups excluding carboxylic acids is 1. The predicted molar refractivity (Wildman–Crippen MR) is 140 cm³/mol. The maximum atomic E-state index is 13.5. The van der Waals surface area contributed by atoms with E-state index in [4.69, 9.17) is 9.47 Å². The summed E-state index contributed by atoms with van der Waals surface area (Å²) < 4.78 is 15.7. The maximum absolute atomic E-state index is 13.5. The standard InChI is InChI=1S/C27H28N8O3/c1-17-14-38-25-19(26-32-30-16-35(17)26)3-2-4-20(25)31-27(36)21-11-23(34-13-22(29-15-34)18-5-6-18)24(12-28-21)33-7-9-37-10-8-33/h2-4,11-13,15-18H,5-10,14H2,1H3,(H,31,36)/t17-/m0/s1. The predicted octanol–water partition coefficient (Wildman–Crippen LogP) is 3.45. The first-order valence-corrected chi connectivity index (χ1v) is 13.0. The van der Waals surface area contributed by atoms with Crippen molar-refractivity contribution in [3.8, 4) is 22.8 Å². The van der Waals surface area contributed by atoms with Crippen LogP contribution in [0.4, 0.5) is 11.4 Å². The van der Waals surface area contributed by atoms with E-state index in [9.17, 15) is 4.79 Å². The van der Waals surface area contributed by atoms with Gasteiger partial charge in [0, 0.05) is 25.2 Å². The number of para-hydroxylation sites is 1. The number of nitrogens with zero attached hydrogens (tertiary/aromatic N) is 7. The largest absolute Gasteiger partial charge is 0.488 e. The number of aromatic nitrogens is 6. The number of rotatable bonds is 5. The minimum absolute atomic E-state index is 0.0589. The first-order valence-electron chi connectivity index (χ1n) is 13.0. The minimum Gasteiger partial charge on any atom is -0.488 e. The van der Waals surface area contributed by atoms with E-state index in [1.807, 2.05) is 46.7 Å². The highest BCUT2D eigenvalue weighted by atomic mass is 16.5. The Bertz CT molecular complexity index is 1500. The number of hydrogen-bond donors (Lipinski definition) is 1. The van der Waals surface area contributed by atoms with Crippen molar-refractivity contribution in [3.05, 3.63) is 60.7 Å². The summed E-state index contributed by atoms with van der Waals surface area (Å²) in [6.45, 7) is 5.32. The van der Waals surface area contributed by atoms with Gasteiger partial charge < -0.3 is 28.8 Å². The van der Waals surface area contributed by atoms with Crippen LogP contribution >= 0.6 is 0 Å². The lowest BCUT2D eigenvalue weighted by molar-refractivity contribution is 0.102. The molecular formula is C27H28N8O3. The number of carbonyl (C=O) groups is 1. The van der Waals surface area contributed by atoms with Gasteiger partial charge in [-0.15, -0.1) is 10.2 Å². The fourth-order valence-electron chi connectivity index (χ4n) is 5.07. The molecule has 5 heterocycles. The van der Waals surface area contributed by atoms with E-state index in [0.717, 1.165) is 35.7 Å². The molecule has 11 heteroatoms. The molecule has 194 valence electrons. The highest BCUT2D eigenvalue weighted by Gasteiger charge is 2.28. The summed E-state index contributed by atoms with van der Waals surface area (Å²) >= 11 is 0. The fourth-order valence-corrected chi connectivity index (χ4v) is 5.07. The lowest BCUT2D eigenvalue weighted by atomic mass is 10.1. The third-order valence-electron chi connectivity index (χ3n) is 7.34. The Kier molecular flexibility index (Phi) is 5.58. The first kappa shape index (κ1) is 22.9. The van der Waals surface area contributed by atoms with Gasteiger partial charge in [-0.2, -0.15) is 0 Å². The molecule has 7 rings (SSSR count). The number of ether oxygens (including phenoxy) is 2. The minimum atomic E-state index is -0.321. The van der Waals surface area contributed by atoms with Crippen molar-refractivity contribution >= 4 is 17.3 Å². The van der Waals surface area contributed by atoms with Crippen LogP contribution in [0, 0.1) is 0 Å². The molecule has 0 radical (unpaired) electrons. The Morgan fingerprint density at radius 3 is 2.82 bits per heavy atom. The topological polar surface area (TPSA) is 112 Å². The molecule has 0 unspecified atom stereocenters. The van der Waals surface area contributed by atoms with E-state index >= 15 is 0 Å². The van der Waals surface area contributed by atoms with Crippen molar-refractivity contribution in [2.24, 2.45) is 0 Å². The normalized spacial score (nSPS) is 18.8. The Morgan fingerprint density at radius 1 is 1.11 bits per heavy atom. The highest BCUT2D eigenvalue weighted by Crippen LogP contribution is 2.40. The maximum Gasteiger partial charge on any atom is 0.274 e. The van der Waals surface area contributed by atoms with Crippen molar-refractivity contribution in [1.82, 2.24) is 29.3 Å². The average molecular weight is 513 g/mol.